The molecule has 1 aromatic carbocycles. The van der Waals surface area contributed by atoms with Gasteiger partial charge in [-0.1, -0.05) is 30.3 Å². The van der Waals surface area contributed by atoms with Crippen molar-refractivity contribution in [1.82, 2.24) is 14.6 Å². The van der Waals surface area contributed by atoms with Crippen molar-refractivity contribution in [1.29, 1.82) is 0 Å². The summed E-state index contributed by atoms with van der Waals surface area (Å²) >= 11 is 0. The summed E-state index contributed by atoms with van der Waals surface area (Å²) in [6.45, 7) is 0. The lowest BCUT2D eigenvalue weighted by Gasteiger charge is -1.93. The summed E-state index contributed by atoms with van der Waals surface area (Å²) in [6, 6.07) is 11.9. The summed E-state index contributed by atoms with van der Waals surface area (Å²) in [7, 11) is 0. The Morgan fingerprint density at radius 1 is 1.12 bits per heavy atom. The molecular weight excluding hydrogens is 200 g/mol. The van der Waals surface area contributed by atoms with E-state index in [0.29, 0.717) is 5.69 Å². The molecular formula is C12H10N4. The van der Waals surface area contributed by atoms with Crippen LogP contribution in [0.2, 0.25) is 0 Å². The summed E-state index contributed by atoms with van der Waals surface area (Å²) in [5, 5.41) is 4.42. The molecule has 0 aliphatic carbocycles. The quantitative estimate of drug-likeness (QED) is 0.668. The molecule has 16 heavy (non-hydrogen) atoms. The molecule has 0 saturated carbocycles. The Balaban J connectivity index is 2.19. The van der Waals surface area contributed by atoms with E-state index in [4.69, 9.17) is 5.73 Å². The lowest BCUT2D eigenvalue weighted by Crippen LogP contribution is -1.93. The van der Waals surface area contributed by atoms with Gasteiger partial charge in [-0.15, -0.1) is 0 Å². The molecule has 4 heteroatoms. The van der Waals surface area contributed by atoms with Gasteiger partial charge in [0.05, 0.1) is 23.8 Å². The Morgan fingerprint density at radius 2 is 1.94 bits per heavy atom. The number of hydrogen-bond acceptors (Lipinski definition) is 3. The monoisotopic (exact) mass is 210 g/mol. The highest BCUT2D eigenvalue weighted by Gasteiger charge is 2.04. The number of nitrogens with two attached hydrogens (primary N) is 1. The number of benzene rings is 1. The summed E-state index contributed by atoms with van der Waals surface area (Å²) in [5.74, 6) is 0. The predicted molar refractivity (Wildman–Crippen MR) is 62.8 cm³/mol. The van der Waals surface area contributed by atoms with Crippen LogP contribution in [-0.2, 0) is 0 Å². The first-order valence-corrected chi connectivity index (χ1v) is 4.99. The second kappa shape index (κ2) is 3.34. The van der Waals surface area contributed by atoms with Crippen molar-refractivity contribution in [2.24, 2.45) is 0 Å². The van der Waals surface area contributed by atoms with E-state index in [0.717, 1.165) is 16.9 Å². The molecule has 0 aliphatic heterocycles. The highest BCUT2D eigenvalue weighted by atomic mass is 15.2. The van der Waals surface area contributed by atoms with Crippen LogP contribution in [0, 0.1) is 0 Å². The first-order chi connectivity index (χ1) is 7.83. The highest BCUT2D eigenvalue weighted by molar-refractivity contribution is 5.64. The number of rotatable bonds is 1. The summed E-state index contributed by atoms with van der Waals surface area (Å²) < 4.78 is 1.69. The maximum absolute atomic E-state index is 5.65. The van der Waals surface area contributed by atoms with Gasteiger partial charge in [0.15, 0.2) is 5.65 Å². The molecule has 0 atom stereocenters. The van der Waals surface area contributed by atoms with E-state index in [-0.39, 0.29) is 0 Å². The minimum Gasteiger partial charge on any atom is -0.396 e. The number of fused-ring (bicyclic) bond motifs is 1. The van der Waals surface area contributed by atoms with Crippen molar-refractivity contribution in [2.45, 2.75) is 0 Å². The Hall–Kier alpha value is -2.36. The number of nitrogens with zero attached hydrogens (tertiary/aromatic N) is 3. The minimum atomic E-state index is 0.607. The third-order valence-electron chi connectivity index (χ3n) is 2.40. The van der Waals surface area contributed by atoms with Crippen LogP contribution < -0.4 is 5.73 Å². The minimum absolute atomic E-state index is 0.607. The lowest BCUT2D eigenvalue weighted by atomic mass is 10.2. The lowest BCUT2D eigenvalue weighted by molar-refractivity contribution is 0.946. The van der Waals surface area contributed by atoms with Crippen LogP contribution in [0.1, 0.15) is 0 Å². The molecule has 78 valence electrons. The van der Waals surface area contributed by atoms with E-state index >= 15 is 0 Å². The Morgan fingerprint density at radius 3 is 2.75 bits per heavy atom. The van der Waals surface area contributed by atoms with Crippen LogP contribution in [0.3, 0.4) is 0 Å². The van der Waals surface area contributed by atoms with Gasteiger partial charge in [-0.2, -0.15) is 5.10 Å². The Bertz CT molecular complexity index is 628. The highest BCUT2D eigenvalue weighted by Crippen LogP contribution is 2.18. The predicted octanol–water partition coefficient (Wildman–Crippen LogP) is 1.98. The third kappa shape index (κ3) is 1.40. The molecule has 2 N–H and O–H groups in total. The third-order valence-corrected chi connectivity index (χ3v) is 2.40. The second-order valence-electron chi connectivity index (χ2n) is 3.59. The summed E-state index contributed by atoms with van der Waals surface area (Å²) in [5.41, 5.74) is 9.03. The van der Waals surface area contributed by atoms with Gasteiger partial charge in [-0.05, 0) is 0 Å². The van der Waals surface area contributed by atoms with Gasteiger partial charge in [0.2, 0.25) is 0 Å². The normalized spacial score (nSPS) is 10.8. The zero-order chi connectivity index (χ0) is 11.0. The van der Waals surface area contributed by atoms with Crippen molar-refractivity contribution in [3.05, 3.63) is 48.8 Å². The van der Waals surface area contributed by atoms with E-state index < -0.39 is 0 Å². The molecule has 0 spiro atoms. The van der Waals surface area contributed by atoms with Gasteiger partial charge in [0, 0.05) is 11.6 Å². The van der Waals surface area contributed by atoms with E-state index in [1.54, 1.807) is 16.9 Å². The molecule has 0 fully saturated rings. The van der Waals surface area contributed by atoms with E-state index in [1.165, 1.54) is 0 Å². The van der Waals surface area contributed by atoms with E-state index in [2.05, 4.69) is 10.1 Å². The standard InChI is InChI=1S/C12H10N4/c13-10-7-14-12-6-11(15-16(12)8-10)9-4-2-1-3-5-9/h1-8H,13H2. The zero-order valence-corrected chi connectivity index (χ0v) is 8.54. The fourth-order valence-electron chi connectivity index (χ4n) is 1.64. The second-order valence-corrected chi connectivity index (χ2v) is 3.59. The molecule has 3 rings (SSSR count). The molecule has 2 aromatic heterocycles. The van der Waals surface area contributed by atoms with E-state index in [1.807, 2.05) is 36.4 Å². The van der Waals surface area contributed by atoms with Crippen LogP contribution in [-0.4, -0.2) is 14.6 Å². The SMILES string of the molecule is Nc1cnc2cc(-c3ccccc3)nn2c1. The zero-order valence-electron chi connectivity index (χ0n) is 8.54. The van der Waals surface area contributed by atoms with Crippen molar-refractivity contribution in [2.75, 3.05) is 5.73 Å². The maximum Gasteiger partial charge on any atom is 0.155 e. The van der Waals surface area contributed by atoms with Gasteiger partial charge in [0.25, 0.3) is 0 Å². The number of hydrogen-bond donors (Lipinski definition) is 1. The van der Waals surface area contributed by atoms with Crippen LogP contribution in [0.4, 0.5) is 5.69 Å². The smallest absolute Gasteiger partial charge is 0.155 e. The molecule has 0 radical (unpaired) electrons. The first kappa shape index (κ1) is 8.91. The molecule has 2 heterocycles. The number of aromatic nitrogens is 3. The fourth-order valence-corrected chi connectivity index (χ4v) is 1.64. The molecule has 0 saturated heterocycles. The molecule has 0 amide bonds. The average Bonchev–Trinajstić information content (AvgIpc) is 2.73. The average molecular weight is 210 g/mol. The summed E-state index contributed by atoms with van der Waals surface area (Å²) in [6.07, 6.45) is 3.39. The van der Waals surface area contributed by atoms with Gasteiger partial charge >= 0.3 is 0 Å². The van der Waals surface area contributed by atoms with E-state index in [9.17, 15) is 0 Å². The van der Waals surface area contributed by atoms with Crippen LogP contribution in [0.15, 0.2) is 48.8 Å². The molecule has 0 bridgehead atoms. The van der Waals surface area contributed by atoms with Crippen molar-refractivity contribution in [3.63, 3.8) is 0 Å². The molecule has 0 unspecified atom stereocenters. The largest absolute Gasteiger partial charge is 0.396 e. The van der Waals surface area contributed by atoms with Gasteiger partial charge in [-0.3, -0.25) is 0 Å². The number of nitrogen functional groups attached to an aromatic ring is 1. The van der Waals surface area contributed by atoms with Gasteiger partial charge in [0.1, 0.15) is 0 Å². The van der Waals surface area contributed by atoms with Crippen LogP contribution >= 0.6 is 0 Å². The maximum atomic E-state index is 5.65. The van der Waals surface area contributed by atoms with Crippen molar-refractivity contribution in [3.8, 4) is 11.3 Å². The Labute approximate surface area is 92.4 Å². The number of anilines is 1. The van der Waals surface area contributed by atoms with Crippen molar-refractivity contribution < 1.29 is 0 Å². The topological polar surface area (TPSA) is 56.2 Å². The van der Waals surface area contributed by atoms with Crippen molar-refractivity contribution >= 4 is 11.3 Å². The van der Waals surface area contributed by atoms with Gasteiger partial charge < -0.3 is 5.73 Å². The summed E-state index contributed by atoms with van der Waals surface area (Å²) in [4.78, 5) is 4.20. The first-order valence-electron chi connectivity index (χ1n) is 4.99. The van der Waals surface area contributed by atoms with Crippen LogP contribution in [0.25, 0.3) is 16.9 Å². The molecule has 3 aromatic rings. The molecule has 4 nitrogen and oxygen atoms in total. The van der Waals surface area contributed by atoms with Crippen LogP contribution in [0.5, 0.6) is 0 Å². The fraction of sp³-hybridized carbons (Fsp3) is 0. The Kier molecular flexibility index (Phi) is 1.86. The van der Waals surface area contributed by atoms with Gasteiger partial charge in [-0.25, -0.2) is 9.50 Å². The molecule has 0 aliphatic rings.